The van der Waals surface area contributed by atoms with Crippen LogP contribution < -0.4 is 5.73 Å². The van der Waals surface area contributed by atoms with Crippen LogP contribution in [0.4, 0.5) is 0 Å². The van der Waals surface area contributed by atoms with E-state index in [1.54, 1.807) is 14.1 Å². The average Bonchev–Trinajstić information content (AvgIpc) is 1.84. The third-order valence-corrected chi connectivity index (χ3v) is 1.20. The van der Waals surface area contributed by atoms with Crippen LogP contribution in [0.1, 0.15) is 13.3 Å². The van der Waals surface area contributed by atoms with Crippen LogP contribution in [0, 0.1) is 0 Å². The summed E-state index contributed by atoms with van der Waals surface area (Å²) in [7, 11) is 3.41. The fourth-order valence-electron chi connectivity index (χ4n) is 0.506. The summed E-state index contributed by atoms with van der Waals surface area (Å²) in [6.45, 7) is 1.89. The molecule has 0 fully saturated rings. The fraction of sp³-hybridized carbons (Fsp3) is 0.833. The zero-order valence-electron chi connectivity index (χ0n) is 6.63. The largest absolute Gasteiger partial charge is 0.347 e. The third kappa shape index (κ3) is 3.69. The maximum atomic E-state index is 10.9. The first-order chi connectivity index (χ1) is 4.09. The first-order valence-corrected chi connectivity index (χ1v) is 3.06. The van der Waals surface area contributed by atoms with Gasteiger partial charge in [-0.3, -0.25) is 4.79 Å². The standard InChI is InChI=1S/C6H14N2O.ClH/c1-4-5(7)6(9)8(2)3;/h5H,4,7H2,1-3H3;1H/t5-;/m0./s1. The molecule has 0 aromatic heterocycles. The van der Waals surface area contributed by atoms with Crippen LogP contribution in [0.15, 0.2) is 0 Å². The molecule has 1 atom stereocenters. The maximum absolute atomic E-state index is 10.9. The van der Waals surface area contributed by atoms with Crippen LogP contribution in [0.3, 0.4) is 0 Å². The molecule has 2 N–H and O–H groups in total. The zero-order chi connectivity index (χ0) is 7.44. The van der Waals surface area contributed by atoms with Gasteiger partial charge in [0.25, 0.3) is 0 Å². The summed E-state index contributed by atoms with van der Waals surface area (Å²) in [5.41, 5.74) is 5.43. The van der Waals surface area contributed by atoms with Crippen molar-refractivity contribution in [2.75, 3.05) is 14.1 Å². The summed E-state index contributed by atoms with van der Waals surface area (Å²) in [6.07, 6.45) is 0.705. The van der Waals surface area contributed by atoms with E-state index in [4.69, 9.17) is 5.73 Å². The van der Waals surface area contributed by atoms with Crippen molar-refractivity contribution in [1.29, 1.82) is 0 Å². The lowest BCUT2D eigenvalue weighted by Gasteiger charge is -2.14. The van der Waals surface area contributed by atoms with Gasteiger partial charge in [0.15, 0.2) is 0 Å². The lowest BCUT2D eigenvalue weighted by Crippen LogP contribution is -2.39. The van der Waals surface area contributed by atoms with Gasteiger partial charge in [-0.2, -0.15) is 0 Å². The molecule has 0 aliphatic carbocycles. The van der Waals surface area contributed by atoms with E-state index >= 15 is 0 Å². The molecule has 0 heterocycles. The highest BCUT2D eigenvalue weighted by molar-refractivity contribution is 5.85. The molecule has 0 aliphatic rings. The van der Waals surface area contributed by atoms with Gasteiger partial charge in [-0.15, -0.1) is 12.4 Å². The summed E-state index contributed by atoms with van der Waals surface area (Å²) in [6, 6.07) is -0.319. The molecule has 4 heteroatoms. The highest BCUT2D eigenvalue weighted by atomic mass is 35.5. The minimum Gasteiger partial charge on any atom is -0.347 e. The lowest BCUT2D eigenvalue weighted by atomic mass is 10.2. The molecule has 62 valence electrons. The molecule has 1 amide bonds. The molecule has 0 saturated carbocycles. The molecule has 0 spiro atoms. The summed E-state index contributed by atoms with van der Waals surface area (Å²) < 4.78 is 0. The molecule has 0 bridgehead atoms. The normalized spacial score (nSPS) is 11.6. The number of carbonyl (C=O) groups excluding carboxylic acids is 1. The highest BCUT2D eigenvalue weighted by Crippen LogP contribution is 1.89. The van der Waals surface area contributed by atoms with Gasteiger partial charge in [0.2, 0.25) is 5.91 Å². The monoisotopic (exact) mass is 166 g/mol. The predicted octanol–water partition coefficient (Wildman–Crippen LogP) is 0.234. The van der Waals surface area contributed by atoms with Gasteiger partial charge in [0.05, 0.1) is 6.04 Å². The molecule has 0 aromatic carbocycles. The van der Waals surface area contributed by atoms with E-state index in [0.29, 0.717) is 6.42 Å². The molecule has 0 rings (SSSR count). The summed E-state index contributed by atoms with van der Waals surface area (Å²) in [4.78, 5) is 12.4. The molecular weight excluding hydrogens is 152 g/mol. The number of amides is 1. The molecule has 3 nitrogen and oxygen atoms in total. The van der Waals surface area contributed by atoms with Crippen molar-refractivity contribution < 1.29 is 4.79 Å². The highest BCUT2D eigenvalue weighted by Gasteiger charge is 2.11. The van der Waals surface area contributed by atoms with Crippen molar-refractivity contribution in [3.05, 3.63) is 0 Å². The molecule has 0 radical (unpaired) electrons. The summed E-state index contributed by atoms with van der Waals surface area (Å²) in [5, 5.41) is 0. The Morgan fingerprint density at radius 2 is 2.00 bits per heavy atom. The van der Waals surface area contributed by atoms with Crippen molar-refractivity contribution in [2.45, 2.75) is 19.4 Å². The van der Waals surface area contributed by atoms with E-state index in [2.05, 4.69) is 0 Å². The Balaban J connectivity index is 0. The fourth-order valence-corrected chi connectivity index (χ4v) is 0.506. The van der Waals surface area contributed by atoms with E-state index in [1.165, 1.54) is 4.90 Å². The van der Waals surface area contributed by atoms with E-state index in [9.17, 15) is 4.79 Å². The minimum atomic E-state index is -0.319. The minimum absolute atomic E-state index is 0. The van der Waals surface area contributed by atoms with Gasteiger partial charge in [0, 0.05) is 14.1 Å². The van der Waals surface area contributed by atoms with Gasteiger partial charge in [0.1, 0.15) is 0 Å². The molecule has 0 aliphatic heterocycles. The smallest absolute Gasteiger partial charge is 0.238 e. The van der Waals surface area contributed by atoms with Crippen molar-refractivity contribution in [2.24, 2.45) is 5.73 Å². The van der Waals surface area contributed by atoms with E-state index in [-0.39, 0.29) is 24.4 Å². The summed E-state index contributed by atoms with van der Waals surface area (Å²) >= 11 is 0. The first-order valence-electron chi connectivity index (χ1n) is 3.06. The van der Waals surface area contributed by atoms with E-state index < -0.39 is 0 Å². The molecule has 0 aromatic rings. The van der Waals surface area contributed by atoms with Gasteiger partial charge in [-0.1, -0.05) is 6.92 Å². The Morgan fingerprint density at radius 1 is 1.60 bits per heavy atom. The van der Waals surface area contributed by atoms with Crippen LogP contribution in [0.2, 0.25) is 0 Å². The Hall–Kier alpha value is -0.280. The van der Waals surface area contributed by atoms with Crippen molar-refractivity contribution in [3.8, 4) is 0 Å². The van der Waals surface area contributed by atoms with Crippen LogP contribution >= 0.6 is 12.4 Å². The second-order valence-electron chi connectivity index (χ2n) is 2.25. The number of halogens is 1. The topological polar surface area (TPSA) is 46.3 Å². The molecular formula is C6H15ClN2O. The Kier molecular flexibility index (Phi) is 6.82. The van der Waals surface area contributed by atoms with Crippen LogP contribution in [0.5, 0.6) is 0 Å². The van der Waals surface area contributed by atoms with Gasteiger partial charge < -0.3 is 10.6 Å². The molecule has 0 saturated heterocycles. The molecule has 0 unspecified atom stereocenters. The number of carbonyl (C=O) groups is 1. The predicted molar refractivity (Wildman–Crippen MR) is 44.2 cm³/mol. The van der Waals surface area contributed by atoms with Gasteiger partial charge in [-0.05, 0) is 6.42 Å². The Morgan fingerprint density at radius 3 is 2.10 bits per heavy atom. The first kappa shape index (κ1) is 12.4. The average molecular weight is 167 g/mol. The maximum Gasteiger partial charge on any atom is 0.238 e. The van der Waals surface area contributed by atoms with Crippen molar-refractivity contribution in [1.82, 2.24) is 4.90 Å². The number of likely N-dealkylation sites (N-methyl/N-ethyl adjacent to an activating group) is 1. The number of hydrogen-bond donors (Lipinski definition) is 1. The van der Waals surface area contributed by atoms with Crippen LogP contribution in [-0.2, 0) is 4.79 Å². The molecule has 10 heavy (non-hydrogen) atoms. The van der Waals surface area contributed by atoms with Crippen LogP contribution in [-0.4, -0.2) is 30.9 Å². The Bertz CT molecular complexity index is 106. The van der Waals surface area contributed by atoms with E-state index in [0.717, 1.165) is 0 Å². The number of rotatable bonds is 2. The van der Waals surface area contributed by atoms with Crippen LogP contribution in [0.25, 0.3) is 0 Å². The van der Waals surface area contributed by atoms with Gasteiger partial charge >= 0.3 is 0 Å². The quantitative estimate of drug-likeness (QED) is 0.639. The lowest BCUT2D eigenvalue weighted by molar-refractivity contribution is -0.130. The number of nitrogens with two attached hydrogens (primary N) is 1. The number of hydrogen-bond acceptors (Lipinski definition) is 2. The second kappa shape index (κ2) is 5.50. The summed E-state index contributed by atoms with van der Waals surface area (Å²) in [5.74, 6) is -0.00231. The second-order valence-corrected chi connectivity index (χ2v) is 2.25. The Labute approximate surface area is 68.0 Å². The van der Waals surface area contributed by atoms with Crippen molar-refractivity contribution in [3.63, 3.8) is 0 Å². The van der Waals surface area contributed by atoms with Gasteiger partial charge in [-0.25, -0.2) is 0 Å². The SMILES string of the molecule is CC[C@H](N)C(=O)N(C)C.Cl. The third-order valence-electron chi connectivity index (χ3n) is 1.20. The van der Waals surface area contributed by atoms with E-state index in [1.807, 2.05) is 6.92 Å². The zero-order valence-corrected chi connectivity index (χ0v) is 7.44. The van der Waals surface area contributed by atoms with Crippen molar-refractivity contribution >= 4 is 18.3 Å². The number of nitrogens with zero attached hydrogens (tertiary/aromatic N) is 1.